The summed E-state index contributed by atoms with van der Waals surface area (Å²) >= 11 is 0. The van der Waals surface area contributed by atoms with Crippen LogP contribution in [0.4, 0.5) is 17.8 Å². The lowest BCUT2D eigenvalue weighted by atomic mass is 10.5. The molecule has 13 nitrogen and oxygen atoms in total. The Bertz CT molecular complexity index is 1200. The van der Waals surface area contributed by atoms with Gasteiger partial charge in [0.05, 0.1) is 0 Å². The second-order valence-electron chi connectivity index (χ2n) is 5.11. The number of aryl methyl sites for hydroxylation is 2. The number of nitrogens with two attached hydrogens (primary N) is 3. The van der Waals surface area contributed by atoms with Crippen LogP contribution in [0.2, 0.25) is 0 Å². The van der Waals surface area contributed by atoms with Gasteiger partial charge in [0.25, 0.3) is 11.1 Å². The number of rotatable bonds is 0. The molecule has 138 valence electrons. The summed E-state index contributed by atoms with van der Waals surface area (Å²) in [6.07, 6.45) is 0. The summed E-state index contributed by atoms with van der Waals surface area (Å²) in [6, 6.07) is 0. The summed E-state index contributed by atoms with van der Waals surface area (Å²) in [4.78, 5) is 45.2. The van der Waals surface area contributed by atoms with E-state index in [0.717, 1.165) is 5.82 Å². The Morgan fingerprint density at radius 3 is 2.04 bits per heavy atom. The molecule has 4 rings (SSSR count). The molecule has 0 spiro atoms. The Morgan fingerprint density at radius 1 is 0.846 bits per heavy atom. The normalized spacial score (nSPS) is 10.4. The third-order valence-electron chi connectivity index (χ3n) is 3.37. The van der Waals surface area contributed by atoms with Crippen LogP contribution in [0.3, 0.4) is 0 Å². The number of imidazole rings is 2. The van der Waals surface area contributed by atoms with Gasteiger partial charge < -0.3 is 26.8 Å². The van der Waals surface area contributed by atoms with E-state index in [4.69, 9.17) is 17.2 Å². The molecule has 0 fully saturated rings. The highest BCUT2D eigenvalue weighted by Gasteiger charge is 2.09. The average molecular weight is 361 g/mol. The molecule has 0 aliphatic rings. The number of nitrogen functional groups attached to an aromatic ring is 3. The lowest BCUT2D eigenvalue weighted by Gasteiger charge is -1.95. The quantitative estimate of drug-likeness (QED) is 0.226. The van der Waals surface area contributed by atoms with Crippen LogP contribution >= 0.6 is 0 Å². The Balaban J connectivity index is 0.000000180. The number of aromatic nitrogens is 8. The minimum absolute atomic E-state index is 0. The van der Waals surface area contributed by atoms with Crippen molar-refractivity contribution in [2.75, 3.05) is 17.2 Å². The fraction of sp³-hybridized carbons (Fsp3) is 0.231. The molecule has 0 bridgehead atoms. The molecule has 0 aliphatic heterocycles. The van der Waals surface area contributed by atoms with Gasteiger partial charge in [0.15, 0.2) is 28.3 Å². The molecule has 26 heavy (non-hydrogen) atoms. The number of H-pyrrole nitrogens is 3. The van der Waals surface area contributed by atoms with Crippen LogP contribution in [-0.2, 0) is 7.05 Å². The predicted octanol–water partition coefficient (Wildman–Crippen LogP) is -1.01. The van der Waals surface area contributed by atoms with Crippen molar-refractivity contribution in [3.05, 3.63) is 26.5 Å². The van der Waals surface area contributed by atoms with Gasteiger partial charge in [-0.1, -0.05) is 7.43 Å². The summed E-state index contributed by atoms with van der Waals surface area (Å²) in [5.41, 5.74) is 16.6. The minimum Gasteiger partial charge on any atom is -0.369 e. The molecule has 0 unspecified atom stereocenters. The van der Waals surface area contributed by atoms with E-state index in [9.17, 15) is 9.59 Å². The second-order valence-corrected chi connectivity index (χ2v) is 5.11. The molecule has 0 saturated heterocycles. The van der Waals surface area contributed by atoms with Crippen molar-refractivity contribution < 1.29 is 0 Å². The molecule has 0 aromatic carbocycles. The highest BCUT2D eigenvalue weighted by Crippen LogP contribution is 2.07. The van der Waals surface area contributed by atoms with Gasteiger partial charge in [-0.2, -0.15) is 15.0 Å². The number of aromatic amines is 3. The maximum Gasteiger partial charge on any atom is 0.280 e. The molecular formula is C13H19N11O2. The van der Waals surface area contributed by atoms with E-state index in [0.29, 0.717) is 11.2 Å². The fourth-order valence-corrected chi connectivity index (χ4v) is 2.14. The largest absolute Gasteiger partial charge is 0.369 e. The molecule has 0 amide bonds. The van der Waals surface area contributed by atoms with Crippen molar-refractivity contribution >= 4 is 40.2 Å². The van der Waals surface area contributed by atoms with Crippen LogP contribution in [0.15, 0.2) is 9.59 Å². The summed E-state index contributed by atoms with van der Waals surface area (Å²) in [7, 11) is 1.79. The van der Waals surface area contributed by atoms with Crippen LogP contribution in [-0.4, -0.2) is 39.5 Å². The third kappa shape index (κ3) is 3.17. The van der Waals surface area contributed by atoms with Gasteiger partial charge in [-0.3, -0.25) is 19.6 Å². The minimum atomic E-state index is -0.373. The zero-order chi connectivity index (χ0) is 18.3. The molecule has 0 saturated carbocycles. The SMILES string of the molecule is C.Cc1nc2c(=O)[nH]c(N)nc2n1C.Nc1nc2nc(N)[nH]c2c(=O)[nH]1. The summed E-state index contributed by atoms with van der Waals surface area (Å²) in [5, 5.41) is 0. The first-order valence-corrected chi connectivity index (χ1v) is 6.96. The molecular weight excluding hydrogens is 342 g/mol. The molecule has 0 atom stereocenters. The lowest BCUT2D eigenvalue weighted by Crippen LogP contribution is -2.11. The van der Waals surface area contributed by atoms with Crippen LogP contribution in [0, 0.1) is 6.92 Å². The van der Waals surface area contributed by atoms with Crippen molar-refractivity contribution in [1.29, 1.82) is 0 Å². The van der Waals surface area contributed by atoms with Crippen molar-refractivity contribution in [1.82, 2.24) is 39.5 Å². The number of nitrogens with zero attached hydrogens (tertiary/aromatic N) is 5. The van der Waals surface area contributed by atoms with E-state index in [2.05, 4.69) is 34.9 Å². The number of hydrogen-bond acceptors (Lipinski definition) is 9. The fourth-order valence-electron chi connectivity index (χ4n) is 2.14. The van der Waals surface area contributed by atoms with E-state index in [1.165, 1.54) is 0 Å². The highest BCUT2D eigenvalue weighted by molar-refractivity contribution is 5.72. The molecule has 9 N–H and O–H groups in total. The van der Waals surface area contributed by atoms with Crippen LogP contribution in [0.25, 0.3) is 22.3 Å². The van der Waals surface area contributed by atoms with Gasteiger partial charge in [0, 0.05) is 7.05 Å². The van der Waals surface area contributed by atoms with Crippen molar-refractivity contribution in [2.45, 2.75) is 14.4 Å². The van der Waals surface area contributed by atoms with Gasteiger partial charge in [-0.15, -0.1) is 0 Å². The first-order chi connectivity index (χ1) is 11.8. The standard InChI is InChI=1S/C7H9N5O.C5H6N6O.CH4/c1-3-9-4-5(12(3)2)10-7(8)11-6(4)13;6-4-8-1-2(9-4)10-5(7)11-3(1)12;/h1-2H3,(H3,8,10,11,13);(H6,6,7,8,9,10,11,12);1H4. The van der Waals surface area contributed by atoms with E-state index in [1.807, 2.05) is 0 Å². The molecule has 0 aliphatic carbocycles. The molecule has 13 heteroatoms. The molecule has 4 heterocycles. The first-order valence-electron chi connectivity index (χ1n) is 6.96. The Hall–Kier alpha value is -3.90. The number of hydrogen-bond donors (Lipinski definition) is 6. The van der Waals surface area contributed by atoms with Gasteiger partial charge in [-0.05, 0) is 6.92 Å². The van der Waals surface area contributed by atoms with Crippen molar-refractivity contribution in [3.8, 4) is 0 Å². The van der Waals surface area contributed by atoms with Crippen LogP contribution in [0.5, 0.6) is 0 Å². The Labute approximate surface area is 145 Å². The Morgan fingerprint density at radius 2 is 1.38 bits per heavy atom. The van der Waals surface area contributed by atoms with Crippen LogP contribution in [0.1, 0.15) is 13.3 Å². The number of anilines is 3. The maximum atomic E-state index is 11.3. The average Bonchev–Trinajstić information content (AvgIpc) is 3.02. The zero-order valence-corrected chi connectivity index (χ0v) is 13.3. The summed E-state index contributed by atoms with van der Waals surface area (Å²) in [6.45, 7) is 1.80. The van der Waals surface area contributed by atoms with Gasteiger partial charge in [-0.25, -0.2) is 4.98 Å². The molecule has 4 aromatic heterocycles. The van der Waals surface area contributed by atoms with E-state index < -0.39 is 0 Å². The Kier molecular flexibility index (Phi) is 4.64. The van der Waals surface area contributed by atoms with Gasteiger partial charge in [0.1, 0.15) is 5.82 Å². The van der Waals surface area contributed by atoms with E-state index in [-0.39, 0.29) is 47.6 Å². The van der Waals surface area contributed by atoms with E-state index in [1.54, 1.807) is 18.5 Å². The summed E-state index contributed by atoms with van der Waals surface area (Å²) < 4.78 is 1.72. The first kappa shape index (κ1) is 18.4. The second kappa shape index (κ2) is 6.54. The molecule has 4 aromatic rings. The topological polar surface area (TPSA) is 216 Å². The van der Waals surface area contributed by atoms with Crippen LogP contribution < -0.4 is 28.3 Å². The van der Waals surface area contributed by atoms with Crippen molar-refractivity contribution in [2.24, 2.45) is 7.05 Å². The lowest BCUT2D eigenvalue weighted by molar-refractivity contribution is 0.873. The molecule has 0 radical (unpaired) electrons. The summed E-state index contributed by atoms with van der Waals surface area (Å²) in [5.74, 6) is 1.02. The van der Waals surface area contributed by atoms with E-state index >= 15 is 0 Å². The van der Waals surface area contributed by atoms with Gasteiger partial charge >= 0.3 is 0 Å². The van der Waals surface area contributed by atoms with Gasteiger partial charge in [0.2, 0.25) is 11.9 Å². The van der Waals surface area contributed by atoms with Crippen molar-refractivity contribution in [3.63, 3.8) is 0 Å². The highest BCUT2D eigenvalue weighted by atomic mass is 16.1. The monoisotopic (exact) mass is 361 g/mol. The third-order valence-corrected chi connectivity index (χ3v) is 3.37. The smallest absolute Gasteiger partial charge is 0.280 e. The zero-order valence-electron chi connectivity index (χ0n) is 13.3. The predicted molar refractivity (Wildman–Crippen MR) is 98.3 cm³/mol. The number of nitrogens with one attached hydrogen (secondary N) is 3. The maximum absolute atomic E-state index is 11.3. The number of fused-ring (bicyclic) bond motifs is 2.